The molecule has 1 atom stereocenters. The van der Waals surface area contributed by atoms with Crippen LogP contribution in [0.3, 0.4) is 0 Å². The highest BCUT2D eigenvalue weighted by Crippen LogP contribution is 2.43. The summed E-state index contributed by atoms with van der Waals surface area (Å²) in [5.41, 5.74) is 9.65. The minimum absolute atomic E-state index is 0.0514. The van der Waals surface area contributed by atoms with E-state index in [0.717, 1.165) is 22.4 Å². The van der Waals surface area contributed by atoms with Gasteiger partial charge in [-0.05, 0) is 41.4 Å². The van der Waals surface area contributed by atoms with Crippen LogP contribution in [0.1, 0.15) is 5.56 Å². The normalized spacial score (nSPS) is 11.7. The molecular formula is C23H26N2O6S. The van der Waals surface area contributed by atoms with Gasteiger partial charge in [-0.1, -0.05) is 6.07 Å². The topological polar surface area (TPSA) is 113 Å². The van der Waals surface area contributed by atoms with Gasteiger partial charge < -0.3 is 29.8 Å². The summed E-state index contributed by atoms with van der Waals surface area (Å²) in [6, 6.07) is 8.35. The van der Waals surface area contributed by atoms with Crippen molar-refractivity contribution in [1.82, 2.24) is 4.37 Å². The lowest BCUT2D eigenvalue weighted by Crippen LogP contribution is -2.35. The number of Topliss-reactive ketones (excluding diaryl/α,β-unsaturated/α-hetero) is 1. The van der Waals surface area contributed by atoms with Crippen molar-refractivity contribution in [3.63, 3.8) is 0 Å². The molecule has 0 amide bonds. The summed E-state index contributed by atoms with van der Waals surface area (Å²) >= 11 is 1.32. The molecule has 3 rings (SSSR count). The van der Waals surface area contributed by atoms with Crippen molar-refractivity contribution >= 4 is 17.3 Å². The number of rotatable bonds is 10. The van der Waals surface area contributed by atoms with E-state index >= 15 is 0 Å². The smallest absolute Gasteiger partial charge is 0.203 e. The Balaban J connectivity index is 2.07. The molecular weight excluding hydrogens is 432 g/mol. The average molecular weight is 459 g/mol. The Morgan fingerprint density at radius 2 is 1.66 bits per heavy atom. The zero-order valence-electron chi connectivity index (χ0n) is 18.4. The van der Waals surface area contributed by atoms with E-state index in [2.05, 4.69) is 4.37 Å². The summed E-state index contributed by atoms with van der Waals surface area (Å²) in [5, 5.41) is 11.1. The molecule has 1 aromatic heterocycles. The molecule has 0 aliphatic carbocycles. The predicted molar refractivity (Wildman–Crippen MR) is 123 cm³/mol. The third-order valence-electron chi connectivity index (χ3n) is 5.07. The standard InChI is InChI=1S/C23H26N2O6S/c1-28-19-6-5-13(7-14(19)8-18(27)17(24)11-26)16-12-32-25-22(16)15-9-20(29-2)23(31-4)21(10-15)30-3/h5-7,9-10,12,17,26H,8,11,24H2,1-4H3. The molecule has 2 aromatic carbocycles. The maximum Gasteiger partial charge on any atom is 0.203 e. The van der Waals surface area contributed by atoms with Crippen molar-refractivity contribution < 1.29 is 28.8 Å². The van der Waals surface area contributed by atoms with E-state index in [1.165, 1.54) is 11.5 Å². The van der Waals surface area contributed by atoms with Gasteiger partial charge in [0, 0.05) is 28.5 Å². The second-order valence-electron chi connectivity index (χ2n) is 6.95. The Hall–Kier alpha value is -3.14. The van der Waals surface area contributed by atoms with Gasteiger partial charge in [0.1, 0.15) is 5.75 Å². The molecule has 0 spiro atoms. The van der Waals surface area contributed by atoms with Crippen LogP contribution in [0.15, 0.2) is 35.7 Å². The number of carbonyl (C=O) groups is 1. The number of benzene rings is 2. The second-order valence-corrected chi connectivity index (χ2v) is 7.58. The first-order valence-electron chi connectivity index (χ1n) is 9.78. The van der Waals surface area contributed by atoms with Crippen molar-refractivity contribution in [1.29, 1.82) is 0 Å². The van der Waals surface area contributed by atoms with Gasteiger partial charge >= 0.3 is 0 Å². The van der Waals surface area contributed by atoms with Crippen molar-refractivity contribution in [3.05, 3.63) is 41.3 Å². The lowest BCUT2D eigenvalue weighted by molar-refractivity contribution is -0.120. The van der Waals surface area contributed by atoms with Gasteiger partial charge in [-0.15, -0.1) is 0 Å². The van der Waals surface area contributed by atoms with E-state index in [9.17, 15) is 9.90 Å². The van der Waals surface area contributed by atoms with E-state index in [1.54, 1.807) is 34.5 Å². The largest absolute Gasteiger partial charge is 0.496 e. The Bertz CT molecular complexity index is 1070. The maximum absolute atomic E-state index is 12.3. The number of methoxy groups -OCH3 is 4. The zero-order chi connectivity index (χ0) is 23.3. The van der Waals surface area contributed by atoms with Gasteiger partial charge in [0.2, 0.25) is 5.75 Å². The predicted octanol–water partition coefficient (Wildman–Crippen LogP) is 2.94. The van der Waals surface area contributed by atoms with Crippen LogP contribution < -0.4 is 24.7 Å². The lowest BCUT2D eigenvalue weighted by Gasteiger charge is -2.15. The summed E-state index contributed by atoms with van der Waals surface area (Å²) in [7, 11) is 6.22. The number of nitrogens with zero attached hydrogens (tertiary/aromatic N) is 1. The third-order valence-corrected chi connectivity index (χ3v) is 5.70. The fourth-order valence-electron chi connectivity index (χ4n) is 3.37. The first-order chi connectivity index (χ1) is 15.5. The van der Waals surface area contributed by atoms with Crippen LogP contribution >= 0.6 is 11.5 Å². The van der Waals surface area contributed by atoms with Gasteiger partial charge in [-0.2, -0.15) is 4.37 Å². The minimum atomic E-state index is -0.930. The molecule has 0 aliphatic rings. The van der Waals surface area contributed by atoms with Crippen molar-refractivity contribution in [3.8, 4) is 45.4 Å². The third kappa shape index (κ3) is 4.69. The van der Waals surface area contributed by atoms with Gasteiger partial charge in [-0.25, -0.2) is 0 Å². The highest BCUT2D eigenvalue weighted by atomic mass is 32.1. The molecule has 1 heterocycles. The molecule has 3 N–H and O–H groups in total. The number of hydrogen-bond donors (Lipinski definition) is 2. The van der Waals surface area contributed by atoms with Crippen LogP contribution in [0, 0.1) is 0 Å². The second kappa shape index (κ2) is 10.4. The van der Waals surface area contributed by atoms with Gasteiger partial charge in [0.25, 0.3) is 0 Å². The highest BCUT2D eigenvalue weighted by molar-refractivity contribution is 7.04. The molecule has 0 saturated carbocycles. The van der Waals surface area contributed by atoms with Crippen molar-refractivity contribution in [2.45, 2.75) is 12.5 Å². The van der Waals surface area contributed by atoms with Gasteiger partial charge in [0.15, 0.2) is 17.3 Å². The Kier molecular flexibility index (Phi) is 7.68. The van der Waals surface area contributed by atoms with Crippen LogP contribution in [0.25, 0.3) is 22.4 Å². The van der Waals surface area contributed by atoms with E-state index in [1.807, 2.05) is 29.6 Å². The molecule has 9 heteroatoms. The van der Waals surface area contributed by atoms with Crippen molar-refractivity contribution in [2.75, 3.05) is 35.0 Å². The number of aliphatic hydroxyl groups is 1. The van der Waals surface area contributed by atoms with Crippen LogP contribution in [0.5, 0.6) is 23.0 Å². The molecule has 0 fully saturated rings. The molecule has 0 bridgehead atoms. The molecule has 0 radical (unpaired) electrons. The highest BCUT2D eigenvalue weighted by Gasteiger charge is 2.20. The summed E-state index contributed by atoms with van der Waals surface area (Å²) in [6.07, 6.45) is 0.0514. The van der Waals surface area contributed by atoms with Crippen LogP contribution in [-0.4, -0.2) is 56.4 Å². The van der Waals surface area contributed by atoms with Crippen LogP contribution in [0.4, 0.5) is 0 Å². The maximum atomic E-state index is 12.3. The fourth-order valence-corrected chi connectivity index (χ4v) is 4.09. The molecule has 3 aromatic rings. The monoisotopic (exact) mass is 458 g/mol. The number of ketones is 1. The number of aliphatic hydroxyl groups excluding tert-OH is 1. The molecule has 8 nitrogen and oxygen atoms in total. The summed E-state index contributed by atoms with van der Waals surface area (Å²) in [4.78, 5) is 12.3. The average Bonchev–Trinajstić information content (AvgIpc) is 3.32. The van der Waals surface area contributed by atoms with E-state index in [-0.39, 0.29) is 12.2 Å². The number of ether oxygens (including phenoxy) is 4. The van der Waals surface area contributed by atoms with Gasteiger partial charge in [0.05, 0.1) is 46.8 Å². The summed E-state index contributed by atoms with van der Waals surface area (Å²) in [5.74, 6) is 1.86. The minimum Gasteiger partial charge on any atom is -0.496 e. The SMILES string of the molecule is COc1ccc(-c2csnc2-c2cc(OC)c(OC)c(OC)c2)cc1CC(=O)C(N)CO. The number of hydrogen-bond acceptors (Lipinski definition) is 9. The summed E-state index contributed by atoms with van der Waals surface area (Å²) < 4.78 is 26.4. The quantitative estimate of drug-likeness (QED) is 0.477. The number of aromatic nitrogens is 1. The molecule has 32 heavy (non-hydrogen) atoms. The first kappa shape index (κ1) is 23.5. The molecule has 0 aliphatic heterocycles. The zero-order valence-corrected chi connectivity index (χ0v) is 19.2. The first-order valence-corrected chi connectivity index (χ1v) is 10.6. The van der Waals surface area contributed by atoms with Crippen LogP contribution in [0.2, 0.25) is 0 Å². The Morgan fingerprint density at radius 3 is 2.22 bits per heavy atom. The van der Waals surface area contributed by atoms with Crippen molar-refractivity contribution in [2.24, 2.45) is 5.73 Å². The Labute approximate surface area is 190 Å². The lowest BCUT2D eigenvalue weighted by atomic mass is 9.96. The molecule has 1 unspecified atom stereocenters. The Morgan fingerprint density at radius 1 is 1.00 bits per heavy atom. The van der Waals surface area contributed by atoms with E-state index in [4.69, 9.17) is 24.7 Å². The molecule has 170 valence electrons. The molecule has 0 saturated heterocycles. The number of nitrogens with two attached hydrogens (primary N) is 1. The van der Waals surface area contributed by atoms with Crippen LogP contribution in [-0.2, 0) is 11.2 Å². The summed E-state index contributed by atoms with van der Waals surface area (Å²) in [6.45, 7) is -0.402. The van der Waals surface area contributed by atoms with Gasteiger partial charge in [-0.3, -0.25) is 4.79 Å². The van der Waals surface area contributed by atoms with E-state index < -0.39 is 12.6 Å². The fraction of sp³-hybridized carbons (Fsp3) is 0.304. The van der Waals surface area contributed by atoms with E-state index in [0.29, 0.717) is 28.6 Å². The number of carbonyl (C=O) groups excluding carboxylic acids is 1.